The average molecular weight is 225 g/mol. The Morgan fingerprint density at radius 1 is 1.00 bits per heavy atom. The Balaban J connectivity index is 2.18. The van der Waals surface area contributed by atoms with Crippen molar-refractivity contribution in [3.8, 4) is 0 Å². The standard InChI is InChI=1S/C13H17F2N/c1-10-2-4-11(5-3-10)12(16)6-8-13(14,15)9-7-12/h2-5H,6-9,16H2,1H3. The van der Waals surface area contributed by atoms with Crippen LogP contribution >= 0.6 is 0 Å². The van der Waals surface area contributed by atoms with Crippen LogP contribution in [0.3, 0.4) is 0 Å². The maximum absolute atomic E-state index is 13.1. The first kappa shape index (κ1) is 11.5. The first-order chi connectivity index (χ1) is 7.41. The molecular weight excluding hydrogens is 208 g/mol. The van der Waals surface area contributed by atoms with E-state index in [1.165, 1.54) is 0 Å². The minimum absolute atomic E-state index is 0.0998. The van der Waals surface area contributed by atoms with Crippen LogP contribution in [0.2, 0.25) is 0 Å². The Morgan fingerprint density at radius 2 is 1.50 bits per heavy atom. The molecule has 1 aliphatic rings. The molecule has 3 heteroatoms. The Kier molecular flexibility index (Phi) is 2.74. The molecule has 0 atom stereocenters. The fraction of sp³-hybridized carbons (Fsp3) is 0.538. The van der Waals surface area contributed by atoms with Crippen LogP contribution in [0.5, 0.6) is 0 Å². The zero-order valence-corrected chi connectivity index (χ0v) is 9.47. The molecule has 0 aromatic heterocycles. The number of benzene rings is 1. The predicted molar refractivity (Wildman–Crippen MR) is 60.5 cm³/mol. The van der Waals surface area contributed by atoms with Crippen LogP contribution in [-0.2, 0) is 5.54 Å². The van der Waals surface area contributed by atoms with E-state index in [1.54, 1.807) is 0 Å². The number of halogens is 2. The van der Waals surface area contributed by atoms with E-state index in [9.17, 15) is 8.78 Å². The Hall–Kier alpha value is -0.960. The monoisotopic (exact) mass is 225 g/mol. The molecule has 0 aliphatic heterocycles. The summed E-state index contributed by atoms with van der Waals surface area (Å²) in [4.78, 5) is 0. The minimum Gasteiger partial charge on any atom is -0.321 e. The van der Waals surface area contributed by atoms with Crippen molar-refractivity contribution < 1.29 is 8.78 Å². The van der Waals surface area contributed by atoms with Gasteiger partial charge in [-0.05, 0) is 25.3 Å². The topological polar surface area (TPSA) is 26.0 Å². The Morgan fingerprint density at radius 3 is 2.00 bits per heavy atom. The highest BCUT2D eigenvalue weighted by molar-refractivity contribution is 5.28. The van der Waals surface area contributed by atoms with Gasteiger partial charge in [-0.25, -0.2) is 8.78 Å². The molecule has 0 unspecified atom stereocenters. The molecule has 0 radical (unpaired) electrons. The molecular formula is C13H17F2N. The van der Waals surface area contributed by atoms with Crippen molar-refractivity contribution in [2.24, 2.45) is 5.73 Å². The molecule has 2 rings (SSSR count). The fourth-order valence-corrected chi connectivity index (χ4v) is 2.24. The maximum Gasteiger partial charge on any atom is 0.248 e. The fourth-order valence-electron chi connectivity index (χ4n) is 2.24. The van der Waals surface area contributed by atoms with Gasteiger partial charge in [-0.1, -0.05) is 29.8 Å². The lowest BCUT2D eigenvalue weighted by Crippen LogP contribution is -2.43. The molecule has 88 valence electrons. The summed E-state index contributed by atoms with van der Waals surface area (Å²) in [5.74, 6) is -2.52. The van der Waals surface area contributed by atoms with Crippen molar-refractivity contribution in [3.63, 3.8) is 0 Å². The van der Waals surface area contributed by atoms with E-state index >= 15 is 0 Å². The largest absolute Gasteiger partial charge is 0.321 e. The van der Waals surface area contributed by atoms with Crippen LogP contribution in [0.15, 0.2) is 24.3 Å². The first-order valence-corrected chi connectivity index (χ1v) is 5.65. The highest BCUT2D eigenvalue weighted by Crippen LogP contribution is 2.42. The number of hydrogen-bond acceptors (Lipinski definition) is 1. The van der Waals surface area contributed by atoms with Crippen LogP contribution in [0.1, 0.15) is 36.8 Å². The number of alkyl halides is 2. The summed E-state index contributed by atoms with van der Waals surface area (Å²) in [6.07, 6.45) is 0.529. The average Bonchev–Trinajstić information content (AvgIpc) is 2.24. The van der Waals surface area contributed by atoms with Gasteiger partial charge in [0.05, 0.1) is 0 Å². The molecule has 0 saturated heterocycles. The van der Waals surface area contributed by atoms with Crippen molar-refractivity contribution in [1.82, 2.24) is 0 Å². The van der Waals surface area contributed by atoms with E-state index in [-0.39, 0.29) is 12.8 Å². The Bertz CT molecular complexity index is 360. The lowest BCUT2D eigenvalue weighted by atomic mass is 9.76. The molecule has 1 nitrogen and oxygen atoms in total. The van der Waals surface area contributed by atoms with Gasteiger partial charge in [-0.2, -0.15) is 0 Å². The third-order valence-corrected chi connectivity index (χ3v) is 3.50. The number of nitrogens with two attached hydrogens (primary N) is 1. The van der Waals surface area contributed by atoms with Crippen LogP contribution in [0, 0.1) is 6.92 Å². The summed E-state index contributed by atoms with van der Waals surface area (Å²) in [7, 11) is 0. The molecule has 1 fully saturated rings. The molecule has 1 aliphatic carbocycles. The van der Waals surface area contributed by atoms with Gasteiger partial charge in [0.25, 0.3) is 0 Å². The van der Waals surface area contributed by atoms with E-state index in [4.69, 9.17) is 5.73 Å². The van der Waals surface area contributed by atoms with Crippen molar-refractivity contribution in [3.05, 3.63) is 35.4 Å². The van der Waals surface area contributed by atoms with Gasteiger partial charge in [0.1, 0.15) is 0 Å². The van der Waals surface area contributed by atoms with Gasteiger partial charge in [0.15, 0.2) is 0 Å². The van der Waals surface area contributed by atoms with E-state index in [1.807, 2.05) is 31.2 Å². The SMILES string of the molecule is Cc1ccc(C2(N)CCC(F)(F)CC2)cc1. The van der Waals surface area contributed by atoms with Gasteiger partial charge in [-0.15, -0.1) is 0 Å². The normalized spacial score (nSPS) is 23.0. The molecule has 0 heterocycles. The summed E-state index contributed by atoms with van der Waals surface area (Å²) in [6, 6.07) is 7.88. The summed E-state index contributed by atoms with van der Waals surface area (Å²) in [5.41, 5.74) is 7.80. The van der Waals surface area contributed by atoms with Crippen LogP contribution in [0.25, 0.3) is 0 Å². The lowest BCUT2D eigenvalue weighted by Gasteiger charge is -2.37. The minimum atomic E-state index is -2.52. The van der Waals surface area contributed by atoms with Crippen molar-refractivity contribution in [2.75, 3.05) is 0 Å². The summed E-state index contributed by atoms with van der Waals surface area (Å²) < 4.78 is 26.1. The molecule has 1 saturated carbocycles. The molecule has 0 spiro atoms. The third kappa shape index (κ3) is 2.24. The molecule has 16 heavy (non-hydrogen) atoms. The second kappa shape index (κ2) is 3.81. The van der Waals surface area contributed by atoms with Crippen LogP contribution in [-0.4, -0.2) is 5.92 Å². The highest BCUT2D eigenvalue weighted by atomic mass is 19.3. The second-order valence-corrected chi connectivity index (χ2v) is 4.88. The van der Waals surface area contributed by atoms with Gasteiger partial charge < -0.3 is 5.73 Å². The van der Waals surface area contributed by atoms with E-state index in [2.05, 4.69) is 0 Å². The number of hydrogen-bond donors (Lipinski definition) is 1. The van der Waals surface area contributed by atoms with Crippen molar-refractivity contribution >= 4 is 0 Å². The van der Waals surface area contributed by atoms with Gasteiger partial charge in [-0.3, -0.25) is 0 Å². The highest BCUT2D eigenvalue weighted by Gasteiger charge is 2.41. The molecule has 1 aromatic carbocycles. The third-order valence-electron chi connectivity index (χ3n) is 3.50. The summed E-state index contributed by atoms with van der Waals surface area (Å²) in [6.45, 7) is 2.00. The van der Waals surface area contributed by atoms with Gasteiger partial charge >= 0.3 is 0 Å². The van der Waals surface area contributed by atoms with Crippen LogP contribution in [0.4, 0.5) is 8.78 Å². The van der Waals surface area contributed by atoms with E-state index in [0.29, 0.717) is 12.8 Å². The second-order valence-electron chi connectivity index (χ2n) is 4.88. The quantitative estimate of drug-likeness (QED) is 0.779. The van der Waals surface area contributed by atoms with Crippen molar-refractivity contribution in [1.29, 1.82) is 0 Å². The predicted octanol–water partition coefficient (Wildman–Crippen LogP) is 3.36. The zero-order valence-electron chi connectivity index (χ0n) is 9.47. The number of aryl methyl sites for hydroxylation is 1. The molecule has 0 amide bonds. The van der Waals surface area contributed by atoms with Gasteiger partial charge in [0.2, 0.25) is 5.92 Å². The van der Waals surface area contributed by atoms with Crippen molar-refractivity contribution in [2.45, 2.75) is 44.1 Å². The van der Waals surface area contributed by atoms with E-state index in [0.717, 1.165) is 11.1 Å². The lowest BCUT2D eigenvalue weighted by molar-refractivity contribution is -0.0514. The van der Waals surface area contributed by atoms with Gasteiger partial charge in [0, 0.05) is 18.4 Å². The summed E-state index contributed by atoms with van der Waals surface area (Å²) >= 11 is 0. The van der Waals surface area contributed by atoms with Crippen LogP contribution < -0.4 is 5.73 Å². The first-order valence-electron chi connectivity index (χ1n) is 5.65. The maximum atomic E-state index is 13.1. The smallest absolute Gasteiger partial charge is 0.248 e. The zero-order chi connectivity index (χ0) is 11.8. The Labute approximate surface area is 94.7 Å². The molecule has 1 aromatic rings. The molecule has 2 N–H and O–H groups in total. The summed E-state index contributed by atoms with van der Waals surface area (Å²) in [5, 5.41) is 0. The number of rotatable bonds is 1. The van der Waals surface area contributed by atoms with E-state index < -0.39 is 11.5 Å². The molecule has 0 bridgehead atoms.